The predicted molar refractivity (Wildman–Crippen MR) is 50.0 cm³/mol. The largest absolute Gasteiger partial charge is 0.442 e. The van der Waals surface area contributed by atoms with Gasteiger partial charge in [-0.15, -0.1) is 6.58 Å². The van der Waals surface area contributed by atoms with Gasteiger partial charge in [-0.05, 0) is 6.42 Å². The Morgan fingerprint density at radius 3 is 2.77 bits per heavy atom. The van der Waals surface area contributed by atoms with Gasteiger partial charge in [0.25, 0.3) is 0 Å². The fourth-order valence-electron chi connectivity index (χ4n) is 0.582. The molecule has 1 unspecified atom stereocenters. The molecule has 13 heavy (non-hydrogen) atoms. The molecule has 3 nitrogen and oxygen atoms in total. The van der Waals surface area contributed by atoms with Gasteiger partial charge in [-0.3, -0.25) is 0 Å². The highest BCUT2D eigenvalue weighted by Gasteiger charge is 2.14. The van der Waals surface area contributed by atoms with E-state index in [-0.39, 0.29) is 12.0 Å². The van der Waals surface area contributed by atoms with Gasteiger partial charge in [0.05, 0.1) is 0 Å². The van der Waals surface area contributed by atoms with Gasteiger partial charge in [-0.1, -0.05) is 24.6 Å². The van der Waals surface area contributed by atoms with Gasteiger partial charge in [0.2, 0.25) is 0 Å². The number of carbonyl (C=O) groups is 1. The van der Waals surface area contributed by atoms with Gasteiger partial charge in [0.1, 0.15) is 11.5 Å². The minimum absolute atomic E-state index is 0.0888. The van der Waals surface area contributed by atoms with Crippen LogP contribution in [0.4, 0.5) is 0 Å². The summed E-state index contributed by atoms with van der Waals surface area (Å²) in [6.07, 6.45) is 2.07. The lowest BCUT2D eigenvalue weighted by Crippen LogP contribution is -2.14. The van der Waals surface area contributed by atoms with Crippen LogP contribution in [0.3, 0.4) is 0 Å². The van der Waals surface area contributed by atoms with Crippen LogP contribution in [-0.2, 0) is 14.3 Å². The average Bonchev–Trinajstić information content (AvgIpc) is 2.13. The minimum atomic E-state index is -0.725. The van der Waals surface area contributed by atoms with Crippen LogP contribution in [0.2, 0.25) is 0 Å². The average molecular weight is 203 g/mol. The highest BCUT2D eigenvalue weighted by Crippen LogP contribution is 2.08. The SMILES string of the molecule is C=CCC(=C=O)C(=O)OC(Cl)CC. The van der Waals surface area contributed by atoms with Crippen molar-refractivity contribution in [1.29, 1.82) is 0 Å². The molecule has 0 radical (unpaired) electrons. The Hall–Kier alpha value is -1.05. The standard InChI is InChI=1S/C9H11ClO3/c1-3-5-7(6-11)9(12)13-8(10)4-2/h3,8H,1,4-5H2,2H3. The summed E-state index contributed by atoms with van der Waals surface area (Å²) >= 11 is 5.55. The van der Waals surface area contributed by atoms with Crippen LogP contribution in [-0.4, -0.2) is 17.5 Å². The highest BCUT2D eigenvalue weighted by molar-refractivity contribution is 6.20. The molecule has 0 bridgehead atoms. The van der Waals surface area contributed by atoms with Gasteiger partial charge in [0, 0.05) is 6.42 Å². The van der Waals surface area contributed by atoms with Crippen LogP contribution >= 0.6 is 11.6 Å². The molecule has 0 saturated heterocycles. The lowest BCUT2D eigenvalue weighted by molar-refractivity contribution is -0.140. The molecule has 4 heteroatoms. The number of halogens is 1. The van der Waals surface area contributed by atoms with Crippen molar-refractivity contribution in [3.8, 4) is 0 Å². The molecular weight excluding hydrogens is 192 g/mol. The van der Waals surface area contributed by atoms with Crippen molar-refractivity contribution >= 4 is 23.5 Å². The molecule has 0 N–H and O–H groups in total. The zero-order chi connectivity index (χ0) is 10.3. The van der Waals surface area contributed by atoms with E-state index in [0.29, 0.717) is 6.42 Å². The maximum absolute atomic E-state index is 11.1. The van der Waals surface area contributed by atoms with E-state index in [9.17, 15) is 9.59 Å². The van der Waals surface area contributed by atoms with E-state index in [1.54, 1.807) is 6.92 Å². The summed E-state index contributed by atoms with van der Waals surface area (Å²) in [5, 5.41) is 0. The zero-order valence-electron chi connectivity index (χ0n) is 7.38. The summed E-state index contributed by atoms with van der Waals surface area (Å²) < 4.78 is 4.68. The smallest absolute Gasteiger partial charge is 0.347 e. The first kappa shape index (κ1) is 11.9. The molecule has 0 rings (SSSR count). The van der Waals surface area contributed by atoms with Crippen molar-refractivity contribution in [3.63, 3.8) is 0 Å². The first-order valence-electron chi connectivity index (χ1n) is 3.85. The van der Waals surface area contributed by atoms with Crippen molar-refractivity contribution in [2.45, 2.75) is 25.3 Å². The Kier molecular flexibility index (Phi) is 5.94. The third kappa shape index (κ3) is 4.51. The number of allylic oxidation sites excluding steroid dienone is 1. The van der Waals surface area contributed by atoms with E-state index in [2.05, 4.69) is 11.3 Å². The topological polar surface area (TPSA) is 43.4 Å². The quantitative estimate of drug-likeness (QED) is 0.225. The van der Waals surface area contributed by atoms with E-state index in [4.69, 9.17) is 11.6 Å². The lowest BCUT2D eigenvalue weighted by atomic mass is 10.2. The van der Waals surface area contributed by atoms with Crippen LogP contribution in [0.1, 0.15) is 19.8 Å². The molecule has 0 aromatic heterocycles. The molecule has 0 heterocycles. The molecule has 0 aromatic carbocycles. The molecule has 0 aliphatic rings. The second-order valence-corrected chi connectivity index (χ2v) is 2.78. The second-order valence-electron chi connectivity index (χ2n) is 2.30. The Labute approximate surface area is 82.0 Å². The number of ether oxygens (including phenoxy) is 1. The first-order chi connectivity index (χ1) is 6.15. The Bertz CT molecular complexity index is 241. The summed E-state index contributed by atoms with van der Waals surface area (Å²) in [6, 6.07) is 0. The number of alkyl halides is 1. The Balaban J connectivity index is 4.23. The minimum Gasteiger partial charge on any atom is -0.442 e. The molecule has 0 saturated carbocycles. The number of rotatable bonds is 5. The van der Waals surface area contributed by atoms with Crippen molar-refractivity contribution < 1.29 is 14.3 Å². The number of carbonyl (C=O) groups excluding carboxylic acids is 2. The van der Waals surface area contributed by atoms with Gasteiger partial charge >= 0.3 is 5.97 Å². The third-order valence-electron chi connectivity index (χ3n) is 1.27. The summed E-state index contributed by atoms with van der Waals surface area (Å²) in [6.45, 7) is 5.16. The normalized spacial score (nSPS) is 11.2. The third-order valence-corrected chi connectivity index (χ3v) is 1.67. The van der Waals surface area contributed by atoms with Crippen LogP contribution in [0.25, 0.3) is 0 Å². The summed E-state index contributed by atoms with van der Waals surface area (Å²) in [5.41, 5.74) is -0.783. The molecule has 0 fully saturated rings. The van der Waals surface area contributed by atoms with E-state index in [0.717, 1.165) is 0 Å². The number of hydrogen-bond acceptors (Lipinski definition) is 3. The molecule has 0 aliphatic heterocycles. The highest BCUT2D eigenvalue weighted by atomic mass is 35.5. The fourth-order valence-corrected chi connectivity index (χ4v) is 0.663. The molecular formula is C9H11ClO3. The van der Waals surface area contributed by atoms with E-state index < -0.39 is 11.5 Å². The maximum atomic E-state index is 11.1. The predicted octanol–water partition coefficient (Wildman–Crippen LogP) is 1.84. The summed E-state index contributed by atoms with van der Waals surface area (Å²) in [5.74, 6) is 0.769. The van der Waals surface area contributed by atoms with E-state index in [1.165, 1.54) is 12.0 Å². The van der Waals surface area contributed by atoms with Gasteiger partial charge in [-0.25, -0.2) is 9.59 Å². The van der Waals surface area contributed by atoms with E-state index >= 15 is 0 Å². The van der Waals surface area contributed by atoms with Crippen LogP contribution in [0, 0.1) is 0 Å². The number of esters is 1. The molecule has 0 spiro atoms. The van der Waals surface area contributed by atoms with Crippen molar-refractivity contribution in [2.75, 3.05) is 0 Å². The van der Waals surface area contributed by atoms with Crippen LogP contribution < -0.4 is 0 Å². The van der Waals surface area contributed by atoms with Crippen molar-refractivity contribution in [3.05, 3.63) is 18.2 Å². The second kappa shape index (κ2) is 6.46. The summed E-state index contributed by atoms with van der Waals surface area (Å²) in [7, 11) is 0. The monoisotopic (exact) mass is 202 g/mol. The van der Waals surface area contributed by atoms with E-state index in [1.807, 2.05) is 0 Å². The van der Waals surface area contributed by atoms with Crippen molar-refractivity contribution in [2.24, 2.45) is 0 Å². The Morgan fingerprint density at radius 1 is 1.77 bits per heavy atom. The summed E-state index contributed by atoms with van der Waals surface area (Å²) in [4.78, 5) is 21.3. The molecule has 0 aliphatic carbocycles. The first-order valence-corrected chi connectivity index (χ1v) is 4.29. The molecule has 0 aromatic rings. The maximum Gasteiger partial charge on any atom is 0.347 e. The van der Waals surface area contributed by atoms with Gasteiger partial charge in [0.15, 0.2) is 5.56 Å². The zero-order valence-corrected chi connectivity index (χ0v) is 8.13. The van der Waals surface area contributed by atoms with Crippen molar-refractivity contribution in [1.82, 2.24) is 0 Å². The molecule has 0 amide bonds. The van der Waals surface area contributed by atoms with Gasteiger partial charge < -0.3 is 4.74 Å². The Morgan fingerprint density at radius 2 is 2.38 bits per heavy atom. The fraction of sp³-hybridized carbons (Fsp3) is 0.444. The van der Waals surface area contributed by atoms with Crippen LogP contribution in [0.15, 0.2) is 18.2 Å². The lowest BCUT2D eigenvalue weighted by Gasteiger charge is -2.07. The van der Waals surface area contributed by atoms with Crippen LogP contribution in [0.5, 0.6) is 0 Å². The molecule has 72 valence electrons. The number of hydrogen-bond donors (Lipinski definition) is 0. The molecule has 1 atom stereocenters. The van der Waals surface area contributed by atoms with Gasteiger partial charge in [-0.2, -0.15) is 0 Å².